The van der Waals surface area contributed by atoms with Crippen molar-refractivity contribution in [1.29, 1.82) is 0 Å². The zero-order valence-electron chi connectivity index (χ0n) is 12.1. The van der Waals surface area contributed by atoms with Gasteiger partial charge in [0.2, 0.25) is 0 Å². The van der Waals surface area contributed by atoms with Crippen molar-refractivity contribution in [2.24, 2.45) is 5.73 Å². The van der Waals surface area contributed by atoms with Gasteiger partial charge in [0.15, 0.2) is 0 Å². The van der Waals surface area contributed by atoms with Gasteiger partial charge in [-0.15, -0.1) is 0 Å². The Morgan fingerprint density at radius 2 is 1.90 bits per heavy atom. The Kier molecular flexibility index (Phi) is 4.40. The van der Waals surface area contributed by atoms with Crippen molar-refractivity contribution in [2.75, 3.05) is 0 Å². The van der Waals surface area contributed by atoms with Crippen molar-refractivity contribution in [3.63, 3.8) is 0 Å². The van der Waals surface area contributed by atoms with Crippen LogP contribution in [0.2, 0.25) is 0 Å². The van der Waals surface area contributed by atoms with Gasteiger partial charge in [0.1, 0.15) is 18.2 Å². The Hall–Kier alpha value is -1.87. The fourth-order valence-electron chi connectivity index (χ4n) is 2.11. The van der Waals surface area contributed by atoms with Crippen molar-refractivity contribution in [2.45, 2.75) is 33.4 Å². The Bertz CT molecular complexity index is 608. The van der Waals surface area contributed by atoms with Gasteiger partial charge in [0, 0.05) is 11.6 Å². The van der Waals surface area contributed by atoms with Crippen LogP contribution in [0.15, 0.2) is 36.4 Å². The van der Waals surface area contributed by atoms with E-state index >= 15 is 0 Å². The Morgan fingerprint density at radius 3 is 2.60 bits per heavy atom. The monoisotopic (exact) mass is 273 g/mol. The third-order valence-electron chi connectivity index (χ3n) is 3.35. The molecule has 1 unspecified atom stereocenters. The van der Waals surface area contributed by atoms with Crippen LogP contribution in [-0.2, 0) is 6.61 Å². The van der Waals surface area contributed by atoms with Gasteiger partial charge in [-0.25, -0.2) is 4.39 Å². The van der Waals surface area contributed by atoms with Crippen LogP contribution in [0.5, 0.6) is 5.75 Å². The normalized spacial score (nSPS) is 12.2. The van der Waals surface area contributed by atoms with E-state index in [4.69, 9.17) is 10.5 Å². The molecule has 0 amide bonds. The standard InChI is InChI=1S/C17H20FNO/c1-11-4-7-17(16(8-11)13(3)19)20-10-14-9-15(18)6-5-12(14)2/h4-9,13H,10,19H2,1-3H3. The molecule has 2 rings (SSSR count). The smallest absolute Gasteiger partial charge is 0.124 e. The van der Waals surface area contributed by atoms with E-state index in [1.54, 1.807) is 6.07 Å². The number of halogens is 1. The van der Waals surface area contributed by atoms with Crippen LogP contribution >= 0.6 is 0 Å². The Morgan fingerprint density at radius 1 is 1.15 bits per heavy atom. The van der Waals surface area contributed by atoms with Gasteiger partial charge in [-0.2, -0.15) is 0 Å². The Balaban J connectivity index is 2.20. The van der Waals surface area contributed by atoms with Crippen molar-refractivity contribution in [3.05, 3.63) is 64.5 Å². The minimum absolute atomic E-state index is 0.0986. The molecule has 0 bridgehead atoms. The van der Waals surface area contributed by atoms with E-state index in [9.17, 15) is 4.39 Å². The van der Waals surface area contributed by atoms with Crippen LogP contribution in [0.1, 0.15) is 35.2 Å². The highest BCUT2D eigenvalue weighted by Gasteiger charge is 2.09. The zero-order valence-corrected chi connectivity index (χ0v) is 12.1. The van der Waals surface area contributed by atoms with Crippen molar-refractivity contribution >= 4 is 0 Å². The summed E-state index contributed by atoms with van der Waals surface area (Å²) in [7, 11) is 0. The van der Waals surface area contributed by atoms with Gasteiger partial charge in [0.25, 0.3) is 0 Å². The second-order valence-electron chi connectivity index (χ2n) is 5.19. The summed E-state index contributed by atoms with van der Waals surface area (Å²) in [5.41, 5.74) is 9.95. The maximum atomic E-state index is 13.3. The number of nitrogens with two attached hydrogens (primary N) is 1. The third kappa shape index (κ3) is 3.36. The van der Waals surface area contributed by atoms with Gasteiger partial charge < -0.3 is 10.5 Å². The molecular weight excluding hydrogens is 253 g/mol. The van der Waals surface area contributed by atoms with Gasteiger partial charge in [-0.1, -0.05) is 23.8 Å². The SMILES string of the molecule is Cc1ccc(OCc2cc(F)ccc2C)c(C(C)N)c1. The number of hydrogen-bond acceptors (Lipinski definition) is 2. The van der Waals surface area contributed by atoms with Gasteiger partial charge in [-0.05, 0) is 50.1 Å². The highest BCUT2D eigenvalue weighted by Crippen LogP contribution is 2.26. The molecule has 0 aromatic heterocycles. The molecule has 0 aliphatic carbocycles. The fraction of sp³-hybridized carbons (Fsp3) is 0.294. The van der Waals surface area contributed by atoms with Crippen LogP contribution in [-0.4, -0.2) is 0 Å². The van der Waals surface area contributed by atoms with Crippen molar-refractivity contribution in [3.8, 4) is 5.75 Å². The molecule has 2 aromatic rings. The number of benzene rings is 2. The minimum atomic E-state index is -0.245. The molecule has 3 heteroatoms. The first kappa shape index (κ1) is 14.5. The molecule has 0 aliphatic rings. The molecule has 0 spiro atoms. The molecule has 20 heavy (non-hydrogen) atoms. The second-order valence-corrected chi connectivity index (χ2v) is 5.19. The van der Waals surface area contributed by atoms with E-state index in [0.717, 1.165) is 28.0 Å². The van der Waals surface area contributed by atoms with E-state index < -0.39 is 0 Å². The van der Waals surface area contributed by atoms with Gasteiger partial charge in [0.05, 0.1) is 0 Å². The highest BCUT2D eigenvalue weighted by molar-refractivity contribution is 5.39. The van der Waals surface area contributed by atoms with Crippen LogP contribution < -0.4 is 10.5 Å². The number of ether oxygens (including phenoxy) is 1. The maximum absolute atomic E-state index is 13.3. The molecule has 0 aliphatic heterocycles. The van der Waals surface area contributed by atoms with Gasteiger partial charge in [-0.3, -0.25) is 0 Å². The zero-order chi connectivity index (χ0) is 14.7. The molecule has 2 aromatic carbocycles. The summed E-state index contributed by atoms with van der Waals surface area (Å²) in [4.78, 5) is 0. The first-order valence-electron chi connectivity index (χ1n) is 6.71. The first-order valence-corrected chi connectivity index (χ1v) is 6.71. The van der Waals surface area contributed by atoms with E-state index in [0.29, 0.717) is 6.61 Å². The third-order valence-corrected chi connectivity index (χ3v) is 3.35. The van der Waals surface area contributed by atoms with E-state index in [1.165, 1.54) is 12.1 Å². The molecule has 0 radical (unpaired) electrons. The highest BCUT2D eigenvalue weighted by atomic mass is 19.1. The number of rotatable bonds is 4. The lowest BCUT2D eigenvalue weighted by molar-refractivity contribution is 0.300. The van der Waals surface area contributed by atoms with E-state index in [-0.39, 0.29) is 11.9 Å². The fourth-order valence-corrected chi connectivity index (χ4v) is 2.11. The summed E-state index contributed by atoms with van der Waals surface area (Å²) >= 11 is 0. The van der Waals surface area contributed by atoms with Crippen molar-refractivity contribution in [1.82, 2.24) is 0 Å². The molecule has 1 atom stereocenters. The average molecular weight is 273 g/mol. The quantitative estimate of drug-likeness (QED) is 0.912. The lowest BCUT2D eigenvalue weighted by atomic mass is 10.0. The van der Waals surface area contributed by atoms with Crippen LogP contribution in [0.25, 0.3) is 0 Å². The maximum Gasteiger partial charge on any atom is 0.124 e. The summed E-state index contributed by atoms with van der Waals surface area (Å²) in [6.45, 7) is 6.23. The molecule has 106 valence electrons. The van der Waals surface area contributed by atoms with Crippen molar-refractivity contribution < 1.29 is 9.13 Å². The predicted octanol–water partition coefficient (Wildman–Crippen LogP) is 4.04. The largest absolute Gasteiger partial charge is 0.489 e. The molecule has 2 nitrogen and oxygen atoms in total. The second kappa shape index (κ2) is 6.06. The number of aryl methyl sites for hydroxylation is 2. The summed E-state index contributed by atoms with van der Waals surface area (Å²) in [6, 6.07) is 10.6. The average Bonchev–Trinajstić information content (AvgIpc) is 2.40. The molecule has 0 saturated heterocycles. The van der Waals surface area contributed by atoms with Crippen LogP contribution in [0.4, 0.5) is 4.39 Å². The molecule has 0 heterocycles. The molecule has 0 fully saturated rings. The number of hydrogen-bond donors (Lipinski definition) is 1. The predicted molar refractivity (Wildman–Crippen MR) is 79.3 cm³/mol. The lowest BCUT2D eigenvalue weighted by Gasteiger charge is -2.15. The first-order chi connectivity index (χ1) is 9.47. The summed E-state index contributed by atoms with van der Waals surface area (Å²) in [6.07, 6.45) is 0. The summed E-state index contributed by atoms with van der Waals surface area (Å²) in [5, 5.41) is 0. The molecule has 2 N–H and O–H groups in total. The van der Waals surface area contributed by atoms with Crippen LogP contribution in [0.3, 0.4) is 0 Å². The minimum Gasteiger partial charge on any atom is -0.489 e. The summed E-state index contributed by atoms with van der Waals surface area (Å²) in [5.74, 6) is 0.514. The molecule has 0 saturated carbocycles. The topological polar surface area (TPSA) is 35.2 Å². The van der Waals surface area contributed by atoms with E-state index in [1.807, 2.05) is 39.0 Å². The molecular formula is C17H20FNO. The lowest BCUT2D eigenvalue weighted by Crippen LogP contribution is -2.09. The summed E-state index contributed by atoms with van der Waals surface area (Å²) < 4.78 is 19.1. The van der Waals surface area contributed by atoms with E-state index in [2.05, 4.69) is 0 Å². The Labute approximate surface area is 119 Å². The van der Waals surface area contributed by atoms with Gasteiger partial charge >= 0.3 is 0 Å². The van der Waals surface area contributed by atoms with Crippen LogP contribution in [0, 0.1) is 19.7 Å².